The van der Waals surface area contributed by atoms with Crippen molar-refractivity contribution in [2.75, 3.05) is 13.7 Å². The number of aliphatic hydroxyl groups is 1. The van der Waals surface area contributed by atoms with E-state index in [1.807, 2.05) is 6.92 Å². The van der Waals surface area contributed by atoms with Crippen LogP contribution in [0.4, 0.5) is 4.39 Å². The third kappa shape index (κ3) is 6.16. The van der Waals surface area contributed by atoms with Crippen molar-refractivity contribution in [2.45, 2.75) is 30.0 Å². The molecule has 10 heteroatoms. The van der Waals surface area contributed by atoms with E-state index in [2.05, 4.69) is 15.3 Å². The fraction of sp³-hybridized carbons (Fsp3) is 0.250. The topological polar surface area (TPSA) is 132 Å². The second-order valence-corrected chi connectivity index (χ2v) is 9.41. The van der Waals surface area contributed by atoms with Gasteiger partial charge in [-0.25, -0.2) is 9.37 Å². The summed E-state index contributed by atoms with van der Waals surface area (Å²) in [4.78, 5) is 9.11. The maximum absolute atomic E-state index is 14.4. The Morgan fingerprint density at radius 1 is 1.18 bits per heavy atom. The van der Waals surface area contributed by atoms with Crippen molar-refractivity contribution >= 4 is 22.6 Å². The number of benzene rings is 2. The molecule has 0 saturated carbocycles. The molecule has 0 bridgehead atoms. The Morgan fingerprint density at radius 3 is 2.56 bits per heavy atom. The first-order chi connectivity index (χ1) is 16.3. The Morgan fingerprint density at radius 2 is 1.91 bits per heavy atom. The molecule has 178 valence electrons. The molecule has 8 nitrogen and oxygen atoms in total. The van der Waals surface area contributed by atoms with Crippen molar-refractivity contribution in [3.05, 3.63) is 77.5 Å². The number of hydrogen-bond acceptors (Lipinski definition) is 8. The van der Waals surface area contributed by atoms with E-state index in [-0.39, 0.29) is 23.1 Å². The van der Waals surface area contributed by atoms with Gasteiger partial charge in [-0.3, -0.25) is 20.0 Å². The van der Waals surface area contributed by atoms with Crippen LogP contribution in [0.5, 0.6) is 0 Å². The summed E-state index contributed by atoms with van der Waals surface area (Å²) in [5.41, 5.74) is 1.90. The smallest absolute Gasteiger partial charge is 0.241 e. The lowest BCUT2D eigenvalue weighted by Crippen LogP contribution is -2.16. The molecule has 1 heterocycles. The van der Waals surface area contributed by atoms with Crippen LogP contribution in [-0.2, 0) is 22.1 Å². The first kappa shape index (κ1) is 25.3. The van der Waals surface area contributed by atoms with Gasteiger partial charge >= 0.3 is 0 Å². The van der Waals surface area contributed by atoms with Gasteiger partial charge in [0.25, 0.3) is 0 Å². The molecule has 2 atom stereocenters. The highest BCUT2D eigenvalue weighted by molar-refractivity contribution is 7.85. The van der Waals surface area contributed by atoms with Gasteiger partial charge in [0.15, 0.2) is 0 Å². The highest BCUT2D eigenvalue weighted by Gasteiger charge is 2.16. The van der Waals surface area contributed by atoms with Crippen molar-refractivity contribution < 1.29 is 18.4 Å². The molecule has 1 aromatic heterocycles. The maximum atomic E-state index is 14.4. The van der Waals surface area contributed by atoms with Crippen LogP contribution in [-0.4, -0.2) is 50.0 Å². The van der Waals surface area contributed by atoms with Crippen LogP contribution in [0.25, 0.3) is 11.3 Å². The monoisotopic (exact) mass is 483 g/mol. The molecule has 2 aromatic carbocycles. The molecule has 0 aliphatic carbocycles. The lowest BCUT2D eigenvalue weighted by atomic mass is 10.1. The van der Waals surface area contributed by atoms with Crippen molar-refractivity contribution in [3.63, 3.8) is 0 Å². The number of rotatable bonds is 9. The SMILES string of the molecule is CNCc1ccc(C(=N)OC(=N)c2cncc(-c3ccc(S(=O)C(C)CCO)cc3)n2)c(F)c1. The van der Waals surface area contributed by atoms with Crippen LogP contribution in [0.2, 0.25) is 0 Å². The zero-order valence-electron chi connectivity index (χ0n) is 18.8. The van der Waals surface area contributed by atoms with Crippen LogP contribution in [0.15, 0.2) is 59.8 Å². The van der Waals surface area contributed by atoms with Gasteiger partial charge in [0.2, 0.25) is 11.8 Å². The number of aromatic nitrogens is 2. The fourth-order valence-corrected chi connectivity index (χ4v) is 4.35. The van der Waals surface area contributed by atoms with Gasteiger partial charge in [-0.2, -0.15) is 0 Å². The summed E-state index contributed by atoms with van der Waals surface area (Å²) in [5.74, 6) is -1.56. The summed E-state index contributed by atoms with van der Waals surface area (Å²) in [6, 6.07) is 11.4. The predicted molar refractivity (Wildman–Crippen MR) is 129 cm³/mol. The molecule has 0 spiro atoms. The third-order valence-electron chi connectivity index (χ3n) is 5.01. The van der Waals surface area contributed by atoms with Crippen molar-refractivity contribution in [1.82, 2.24) is 15.3 Å². The van der Waals surface area contributed by atoms with Gasteiger partial charge in [0, 0.05) is 28.9 Å². The molecule has 0 saturated heterocycles. The molecular formula is C24H26FN5O3S. The molecule has 3 aromatic rings. The van der Waals surface area contributed by atoms with E-state index < -0.39 is 28.4 Å². The molecule has 0 radical (unpaired) electrons. The molecule has 0 aliphatic rings. The highest BCUT2D eigenvalue weighted by Crippen LogP contribution is 2.21. The predicted octanol–water partition coefficient (Wildman–Crippen LogP) is 3.25. The van der Waals surface area contributed by atoms with Crippen LogP contribution in [0.3, 0.4) is 0 Å². The van der Waals surface area contributed by atoms with Crippen molar-refractivity contribution in [3.8, 4) is 11.3 Å². The average Bonchev–Trinajstić information content (AvgIpc) is 2.84. The highest BCUT2D eigenvalue weighted by atomic mass is 32.2. The molecule has 0 amide bonds. The van der Waals surface area contributed by atoms with Crippen molar-refractivity contribution in [1.29, 1.82) is 10.8 Å². The molecule has 34 heavy (non-hydrogen) atoms. The zero-order valence-corrected chi connectivity index (χ0v) is 19.7. The van der Waals surface area contributed by atoms with Gasteiger partial charge in [-0.1, -0.05) is 25.1 Å². The lowest BCUT2D eigenvalue weighted by Gasteiger charge is -2.11. The van der Waals surface area contributed by atoms with E-state index in [9.17, 15) is 8.60 Å². The van der Waals surface area contributed by atoms with Crippen LogP contribution in [0.1, 0.15) is 30.2 Å². The van der Waals surface area contributed by atoms with Crippen LogP contribution in [0, 0.1) is 16.6 Å². The van der Waals surface area contributed by atoms with Gasteiger partial charge in [-0.05, 0) is 43.3 Å². The van der Waals surface area contributed by atoms with E-state index in [1.165, 1.54) is 24.5 Å². The number of halogens is 1. The largest absolute Gasteiger partial charge is 0.419 e. The molecule has 2 unspecified atom stereocenters. The summed E-state index contributed by atoms with van der Waals surface area (Å²) < 4.78 is 32.1. The van der Waals surface area contributed by atoms with E-state index in [1.54, 1.807) is 37.4 Å². The standard InChI is InChI=1S/C24H26FN5O3S/c1-15(9-10-31)34(32)18-6-4-17(5-7-18)21-13-29-14-22(30-21)24(27)33-23(26)19-8-3-16(12-28-2)11-20(19)25/h3-8,11,13-15,26-28,31H,9-10,12H2,1-2H3. The van der Waals surface area contributed by atoms with Gasteiger partial charge in [0.1, 0.15) is 11.5 Å². The summed E-state index contributed by atoms with van der Waals surface area (Å²) in [6.07, 6.45) is 3.29. The Hall–Kier alpha value is -3.34. The van der Waals surface area contributed by atoms with Gasteiger partial charge in [0.05, 0.1) is 34.5 Å². The summed E-state index contributed by atoms with van der Waals surface area (Å²) >= 11 is 0. The Balaban J connectivity index is 1.73. The summed E-state index contributed by atoms with van der Waals surface area (Å²) in [7, 11) is 0.510. The number of nitrogens with one attached hydrogen (secondary N) is 3. The summed E-state index contributed by atoms with van der Waals surface area (Å²) in [5, 5.41) is 28.0. The summed E-state index contributed by atoms with van der Waals surface area (Å²) in [6.45, 7) is 2.29. The minimum atomic E-state index is -1.24. The molecular weight excluding hydrogens is 457 g/mol. The van der Waals surface area contributed by atoms with Crippen molar-refractivity contribution in [2.24, 2.45) is 0 Å². The first-order valence-corrected chi connectivity index (χ1v) is 11.8. The Bertz CT molecular complexity index is 1200. The van der Waals surface area contributed by atoms with Gasteiger partial charge < -0.3 is 15.2 Å². The first-order valence-electron chi connectivity index (χ1n) is 10.6. The van der Waals surface area contributed by atoms with E-state index >= 15 is 0 Å². The average molecular weight is 484 g/mol. The number of nitrogens with zero attached hydrogens (tertiary/aromatic N) is 2. The minimum absolute atomic E-state index is 0.0207. The molecule has 0 aliphatic heterocycles. The van der Waals surface area contributed by atoms with E-state index in [0.717, 1.165) is 5.56 Å². The molecule has 4 N–H and O–H groups in total. The molecule has 0 fully saturated rings. The quantitative estimate of drug-likeness (QED) is 0.273. The molecule has 3 rings (SSSR count). The normalized spacial score (nSPS) is 12.7. The fourth-order valence-electron chi connectivity index (χ4n) is 3.16. The van der Waals surface area contributed by atoms with Crippen LogP contribution < -0.4 is 5.32 Å². The maximum Gasteiger partial charge on any atom is 0.241 e. The zero-order chi connectivity index (χ0) is 24.7. The van der Waals surface area contributed by atoms with E-state index in [0.29, 0.717) is 29.1 Å². The second-order valence-electron chi connectivity index (χ2n) is 7.54. The third-order valence-corrected chi connectivity index (χ3v) is 6.72. The Labute approximate surface area is 199 Å². The second kappa shape index (κ2) is 11.7. The Kier molecular flexibility index (Phi) is 8.69. The lowest BCUT2D eigenvalue weighted by molar-refractivity contribution is 0.288. The minimum Gasteiger partial charge on any atom is -0.419 e. The number of ether oxygens (including phenoxy) is 1. The van der Waals surface area contributed by atoms with Gasteiger partial charge in [-0.15, -0.1) is 0 Å². The number of aliphatic hydroxyl groups excluding tert-OH is 1. The van der Waals surface area contributed by atoms with Crippen LogP contribution >= 0.6 is 0 Å². The number of hydrogen-bond donors (Lipinski definition) is 4. The van der Waals surface area contributed by atoms with E-state index in [4.69, 9.17) is 20.7 Å².